The van der Waals surface area contributed by atoms with Gasteiger partial charge >= 0.3 is 11.9 Å². The van der Waals surface area contributed by atoms with Crippen LogP contribution in [0.4, 0.5) is 0 Å². The summed E-state index contributed by atoms with van der Waals surface area (Å²) in [5, 5.41) is 26.4. The molecule has 1 fully saturated rings. The van der Waals surface area contributed by atoms with Gasteiger partial charge < -0.3 is 9.84 Å². The second kappa shape index (κ2) is 7.19. The maximum atomic E-state index is 11.7. The maximum Gasteiger partial charge on any atom is 0.357 e. The molecular weight excluding hydrogens is 362 g/mol. The number of thioether (sulfide) groups is 1. The molecule has 0 bridgehead atoms. The molecule has 3 N–H and O–H groups in total. The molecule has 0 unspecified atom stereocenters. The van der Waals surface area contributed by atoms with E-state index >= 15 is 0 Å². The lowest BCUT2D eigenvalue weighted by molar-refractivity contribution is -0.135. The SMILES string of the molecule is COC(=O)/C=C1/S/C(=N\N=Cc2cccc3[nH]nc(C(=O)O)c23)NC1=O. The Labute approximate surface area is 150 Å². The zero-order valence-electron chi connectivity index (χ0n) is 13.2. The highest BCUT2D eigenvalue weighted by atomic mass is 32.2. The number of esters is 1. The smallest absolute Gasteiger partial charge is 0.357 e. The lowest BCUT2D eigenvalue weighted by Crippen LogP contribution is -2.19. The molecule has 26 heavy (non-hydrogen) atoms. The number of amides is 1. The monoisotopic (exact) mass is 373 g/mol. The largest absolute Gasteiger partial charge is 0.476 e. The minimum atomic E-state index is -1.17. The molecule has 0 radical (unpaired) electrons. The first-order valence-corrected chi connectivity index (χ1v) is 7.91. The van der Waals surface area contributed by atoms with Crippen LogP contribution in [0.2, 0.25) is 0 Å². The molecule has 1 aliphatic rings. The normalized spacial score (nSPS) is 17.3. The summed E-state index contributed by atoms with van der Waals surface area (Å²) in [6, 6.07) is 5.07. The number of ether oxygens (including phenoxy) is 1. The summed E-state index contributed by atoms with van der Waals surface area (Å²) in [7, 11) is 1.21. The van der Waals surface area contributed by atoms with E-state index in [0.717, 1.165) is 17.8 Å². The van der Waals surface area contributed by atoms with Crippen molar-refractivity contribution < 1.29 is 24.2 Å². The number of aromatic nitrogens is 2. The minimum absolute atomic E-state index is 0.124. The van der Waals surface area contributed by atoms with E-state index in [9.17, 15) is 19.5 Å². The van der Waals surface area contributed by atoms with Gasteiger partial charge in [-0.25, -0.2) is 9.59 Å². The molecule has 10 nitrogen and oxygen atoms in total. The Morgan fingerprint density at radius 1 is 1.38 bits per heavy atom. The van der Waals surface area contributed by atoms with Gasteiger partial charge in [-0.1, -0.05) is 12.1 Å². The predicted molar refractivity (Wildman–Crippen MR) is 93.9 cm³/mol. The number of carbonyl (C=O) groups excluding carboxylic acids is 2. The fourth-order valence-corrected chi connectivity index (χ4v) is 2.89. The Hall–Kier alpha value is -3.47. The molecule has 1 amide bonds. The summed E-state index contributed by atoms with van der Waals surface area (Å²) in [5.41, 5.74) is 0.921. The quantitative estimate of drug-likeness (QED) is 0.312. The van der Waals surface area contributed by atoms with E-state index in [1.807, 2.05) is 0 Å². The van der Waals surface area contributed by atoms with Gasteiger partial charge in [0.15, 0.2) is 10.9 Å². The number of rotatable bonds is 4. The Balaban J connectivity index is 1.85. The first-order chi connectivity index (χ1) is 12.5. The van der Waals surface area contributed by atoms with Crippen LogP contribution >= 0.6 is 11.8 Å². The van der Waals surface area contributed by atoms with Crippen molar-refractivity contribution in [3.05, 3.63) is 40.4 Å². The lowest BCUT2D eigenvalue weighted by Gasteiger charge is -1.96. The number of fused-ring (bicyclic) bond motifs is 1. The Morgan fingerprint density at radius 2 is 2.19 bits per heavy atom. The van der Waals surface area contributed by atoms with Crippen LogP contribution in [0.3, 0.4) is 0 Å². The second-order valence-electron chi connectivity index (χ2n) is 4.88. The van der Waals surface area contributed by atoms with Crippen LogP contribution in [0.25, 0.3) is 10.9 Å². The van der Waals surface area contributed by atoms with E-state index in [1.165, 1.54) is 13.3 Å². The van der Waals surface area contributed by atoms with E-state index in [0.29, 0.717) is 16.5 Å². The number of carboxylic acids is 1. The minimum Gasteiger partial charge on any atom is -0.476 e. The molecule has 0 saturated carbocycles. The van der Waals surface area contributed by atoms with E-state index < -0.39 is 17.8 Å². The van der Waals surface area contributed by atoms with E-state index in [1.54, 1.807) is 18.2 Å². The molecule has 2 aromatic rings. The highest BCUT2D eigenvalue weighted by molar-refractivity contribution is 8.18. The van der Waals surface area contributed by atoms with Crippen LogP contribution in [0.1, 0.15) is 16.1 Å². The Bertz CT molecular complexity index is 1010. The van der Waals surface area contributed by atoms with Gasteiger partial charge in [0.1, 0.15) is 0 Å². The number of methoxy groups -OCH3 is 1. The van der Waals surface area contributed by atoms with Crippen molar-refractivity contribution in [2.24, 2.45) is 10.2 Å². The van der Waals surface area contributed by atoms with Gasteiger partial charge in [0.05, 0.1) is 23.7 Å². The van der Waals surface area contributed by atoms with Gasteiger partial charge in [0.2, 0.25) is 0 Å². The standard InChI is InChI=1S/C15H11N5O5S/c1-25-10(21)5-9-13(22)17-15(26-9)20-16-6-7-3-2-4-8-11(7)12(14(23)24)19-18-8/h2-6H,1H3,(H,18,19)(H,23,24)(H,17,20,22)/b9-5+,16-6?. The van der Waals surface area contributed by atoms with Crippen molar-refractivity contribution in [3.8, 4) is 0 Å². The number of aromatic amines is 1. The van der Waals surface area contributed by atoms with Gasteiger partial charge in [-0.2, -0.15) is 10.2 Å². The summed E-state index contributed by atoms with van der Waals surface area (Å²) in [5.74, 6) is -2.31. The third-order valence-electron chi connectivity index (χ3n) is 3.27. The topological polar surface area (TPSA) is 146 Å². The van der Waals surface area contributed by atoms with E-state index in [-0.39, 0.29) is 15.8 Å². The number of hydrogen-bond acceptors (Lipinski definition) is 8. The number of amidine groups is 1. The number of benzene rings is 1. The third kappa shape index (κ3) is 3.47. The number of carbonyl (C=O) groups is 3. The summed E-state index contributed by atoms with van der Waals surface area (Å²) >= 11 is 0.934. The predicted octanol–water partition coefficient (Wildman–Crippen LogP) is 0.871. The fraction of sp³-hybridized carbons (Fsp3) is 0.0667. The average molecular weight is 373 g/mol. The molecule has 11 heteroatoms. The van der Waals surface area contributed by atoms with Crippen molar-refractivity contribution in [1.82, 2.24) is 15.5 Å². The number of carboxylic acid groups (broad SMARTS) is 1. The number of nitrogens with zero attached hydrogens (tertiary/aromatic N) is 3. The summed E-state index contributed by atoms with van der Waals surface area (Å²) < 4.78 is 4.46. The molecule has 1 saturated heterocycles. The zero-order valence-corrected chi connectivity index (χ0v) is 14.0. The van der Waals surface area contributed by atoms with Crippen LogP contribution < -0.4 is 5.32 Å². The number of nitrogens with one attached hydrogen (secondary N) is 2. The van der Waals surface area contributed by atoms with Crippen LogP contribution in [-0.2, 0) is 14.3 Å². The van der Waals surface area contributed by atoms with Gasteiger partial charge in [-0.05, 0) is 17.8 Å². The van der Waals surface area contributed by atoms with Crippen molar-refractivity contribution in [3.63, 3.8) is 0 Å². The second-order valence-corrected chi connectivity index (χ2v) is 5.92. The third-order valence-corrected chi connectivity index (χ3v) is 4.17. The van der Waals surface area contributed by atoms with Crippen molar-refractivity contribution >= 4 is 51.9 Å². The van der Waals surface area contributed by atoms with Gasteiger partial charge in [0.25, 0.3) is 5.91 Å². The number of hydrogen-bond donors (Lipinski definition) is 3. The fourth-order valence-electron chi connectivity index (χ4n) is 2.15. The van der Waals surface area contributed by atoms with Crippen LogP contribution in [0, 0.1) is 0 Å². The molecular formula is C15H11N5O5S. The number of H-pyrrole nitrogens is 1. The molecule has 0 spiro atoms. The molecule has 1 aromatic heterocycles. The molecule has 0 aliphatic carbocycles. The van der Waals surface area contributed by atoms with E-state index in [2.05, 4.69) is 30.5 Å². The van der Waals surface area contributed by atoms with Crippen LogP contribution in [0.15, 0.2) is 39.4 Å². The summed E-state index contributed by atoms with van der Waals surface area (Å²) in [6.07, 6.45) is 2.41. The maximum absolute atomic E-state index is 11.7. The Kier molecular flexibility index (Phi) is 4.80. The highest BCUT2D eigenvalue weighted by Crippen LogP contribution is 2.24. The number of aromatic carboxylic acids is 1. The summed E-state index contributed by atoms with van der Waals surface area (Å²) in [4.78, 5) is 34.3. The van der Waals surface area contributed by atoms with Gasteiger partial charge in [-0.15, -0.1) is 5.10 Å². The van der Waals surface area contributed by atoms with Gasteiger partial charge in [0, 0.05) is 17.0 Å². The zero-order chi connectivity index (χ0) is 18.7. The molecule has 132 valence electrons. The van der Waals surface area contributed by atoms with Crippen LogP contribution in [0.5, 0.6) is 0 Å². The van der Waals surface area contributed by atoms with Gasteiger partial charge in [-0.3, -0.25) is 15.2 Å². The molecule has 1 aromatic carbocycles. The molecule has 1 aliphatic heterocycles. The first kappa shape index (κ1) is 17.4. The summed E-state index contributed by atoms with van der Waals surface area (Å²) in [6.45, 7) is 0. The Morgan fingerprint density at radius 3 is 2.92 bits per heavy atom. The van der Waals surface area contributed by atoms with Crippen molar-refractivity contribution in [2.75, 3.05) is 7.11 Å². The lowest BCUT2D eigenvalue weighted by atomic mass is 10.1. The molecule has 3 rings (SSSR count). The highest BCUT2D eigenvalue weighted by Gasteiger charge is 2.25. The first-order valence-electron chi connectivity index (χ1n) is 7.10. The van der Waals surface area contributed by atoms with Crippen molar-refractivity contribution in [2.45, 2.75) is 0 Å². The van der Waals surface area contributed by atoms with Crippen LogP contribution in [-0.4, -0.2) is 51.6 Å². The molecule has 0 atom stereocenters. The molecule has 2 heterocycles. The van der Waals surface area contributed by atoms with Crippen molar-refractivity contribution in [1.29, 1.82) is 0 Å². The average Bonchev–Trinajstić information content (AvgIpc) is 3.19. The van der Waals surface area contributed by atoms with E-state index in [4.69, 9.17) is 0 Å².